The van der Waals surface area contributed by atoms with E-state index in [4.69, 9.17) is 9.15 Å². The van der Waals surface area contributed by atoms with Gasteiger partial charge in [-0.3, -0.25) is 0 Å². The van der Waals surface area contributed by atoms with Gasteiger partial charge in [-0.15, -0.1) is 0 Å². The van der Waals surface area contributed by atoms with Gasteiger partial charge < -0.3 is 13.9 Å². The molecule has 0 aliphatic heterocycles. The molecule has 1 heterocycles. The second kappa shape index (κ2) is 4.49. The van der Waals surface area contributed by atoms with Gasteiger partial charge in [-0.25, -0.2) is 4.79 Å². The predicted molar refractivity (Wildman–Crippen MR) is 52.0 cm³/mol. The van der Waals surface area contributed by atoms with Gasteiger partial charge in [0.1, 0.15) is 12.4 Å². The van der Waals surface area contributed by atoms with E-state index in [1.165, 1.54) is 7.11 Å². The number of carbonyl (C=O) groups excluding carboxylic acids is 1. The normalized spacial score (nSPS) is 17.4. The SMILES string of the molecule is COC(=O)C(OCc1ccco1)C1CC1. The number of methoxy groups -OCH3 is 1. The highest BCUT2D eigenvalue weighted by Crippen LogP contribution is 2.35. The first-order valence-corrected chi connectivity index (χ1v) is 5.03. The lowest BCUT2D eigenvalue weighted by atomic mass is 10.2. The zero-order valence-electron chi connectivity index (χ0n) is 8.64. The van der Waals surface area contributed by atoms with Crippen LogP contribution in [-0.2, 0) is 20.9 Å². The molecule has 1 saturated carbocycles. The molecule has 0 saturated heterocycles. The summed E-state index contributed by atoms with van der Waals surface area (Å²) >= 11 is 0. The average Bonchev–Trinajstić information content (AvgIpc) is 2.95. The maximum atomic E-state index is 11.4. The maximum absolute atomic E-state index is 11.4. The molecular formula is C11H14O4. The van der Waals surface area contributed by atoms with E-state index in [0.717, 1.165) is 18.6 Å². The lowest BCUT2D eigenvalue weighted by Crippen LogP contribution is -2.27. The van der Waals surface area contributed by atoms with E-state index in [1.54, 1.807) is 12.3 Å². The molecule has 15 heavy (non-hydrogen) atoms. The standard InChI is InChI=1S/C11H14O4/c1-13-11(12)10(8-4-5-8)15-7-9-3-2-6-14-9/h2-3,6,8,10H,4-5,7H2,1H3. The van der Waals surface area contributed by atoms with E-state index >= 15 is 0 Å². The van der Waals surface area contributed by atoms with E-state index in [9.17, 15) is 4.79 Å². The minimum absolute atomic E-state index is 0.288. The Bertz CT molecular complexity index is 313. The zero-order valence-corrected chi connectivity index (χ0v) is 8.64. The molecule has 0 bridgehead atoms. The Hall–Kier alpha value is -1.29. The maximum Gasteiger partial charge on any atom is 0.335 e. The van der Waals surface area contributed by atoms with Crippen LogP contribution >= 0.6 is 0 Å². The molecule has 1 aromatic heterocycles. The highest BCUT2D eigenvalue weighted by molar-refractivity contribution is 5.75. The van der Waals surface area contributed by atoms with Gasteiger partial charge in [0, 0.05) is 0 Å². The van der Waals surface area contributed by atoms with Crippen LogP contribution in [0.5, 0.6) is 0 Å². The van der Waals surface area contributed by atoms with Crippen LogP contribution in [0.25, 0.3) is 0 Å². The molecule has 0 spiro atoms. The van der Waals surface area contributed by atoms with Crippen molar-refractivity contribution in [3.63, 3.8) is 0 Å². The molecule has 82 valence electrons. The Morgan fingerprint density at radius 1 is 1.67 bits per heavy atom. The number of hydrogen-bond acceptors (Lipinski definition) is 4. The highest BCUT2D eigenvalue weighted by Gasteiger charge is 2.37. The number of esters is 1. The summed E-state index contributed by atoms with van der Waals surface area (Å²) in [5.41, 5.74) is 0. The highest BCUT2D eigenvalue weighted by atomic mass is 16.6. The summed E-state index contributed by atoms with van der Waals surface area (Å²) in [7, 11) is 1.38. The monoisotopic (exact) mass is 210 g/mol. The van der Waals surface area contributed by atoms with Crippen LogP contribution in [-0.4, -0.2) is 19.2 Å². The quantitative estimate of drug-likeness (QED) is 0.695. The first-order chi connectivity index (χ1) is 7.31. The largest absolute Gasteiger partial charge is 0.467 e. The van der Waals surface area contributed by atoms with Crippen LogP contribution in [0.15, 0.2) is 22.8 Å². The molecule has 4 nitrogen and oxygen atoms in total. The minimum Gasteiger partial charge on any atom is -0.467 e. The smallest absolute Gasteiger partial charge is 0.335 e. The van der Waals surface area contributed by atoms with E-state index in [-0.39, 0.29) is 5.97 Å². The van der Waals surface area contributed by atoms with E-state index in [0.29, 0.717) is 12.5 Å². The first-order valence-electron chi connectivity index (χ1n) is 5.03. The number of carbonyl (C=O) groups is 1. The van der Waals surface area contributed by atoms with Crippen LogP contribution < -0.4 is 0 Å². The van der Waals surface area contributed by atoms with Crippen LogP contribution in [0, 0.1) is 5.92 Å². The van der Waals surface area contributed by atoms with E-state index in [2.05, 4.69) is 4.74 Å². The third kappa shape index (κ3) is 2.59. The summed E-state index contributed by atoms with van der Waals surface area (Å²) in [6.45, 7) is 0.323. The van der Waals surface area contributed by atoms with Crippen molar-refractivity contribution in [2.75, 3.05) is 7.11 Å². The van der Waals surface area contributed by atoms with E-state index < -0.39 is 6.10 Å². The molecule has 0 radical (unpaired) electrons. The number of ether oxygens (including phenoxy) is 2. The molecule has 0 aromatic carbocycles. The minimum atomic E-state index is -0.430. The second-order valence-electron chi connectivity index (χ2n) is 3.67. The fraction of sp³-hybridized carbons (Fsp3) is 0.545. The molecule has 1 aliphatic rings. The average molecular weight is 210 g/mol. The Morgan fingerprint density at radius 3 is 3.00 bits per heavy atom. The van der Waals surface area contributed by atoms with Crippen molar-refractivity contribution >= 4 is 5.97 Å². The molecule has 4 heteroatoms. The molecule has 1 aromatic rings. The molecule has 1 fully saturated rings. The molecule has 0 N–H and O–H groups in total. The van der Waals surface area contributed by atoms with Gasteiger partial charge in [-0.05, 0) is 30.9 Å². The Morgan fingerprint density at radius 2 is 2.47 bits per heavy atom. The van der Waals surface area contributed by atoms with Gasteiger partial charge in [0.15, 0.2) is 6.10 Å². The predicted octanol–water partition coefficient (Wildman–Crippen LogP) is 1.75. The Labute approximate surface area is 88.2 Å². The van der Waals surface area contributed by atoms with Crippen LogP contribution in [0.2, 0.25) is 0 Å². The first kappa shape index (κ1) is 10.2. The summed E-state index contributed by atoms with van der Waals surface area (Å²) in [6.07, 6.45) is 3.24. The van der Waals surface area contributed by atoms with Crippen molar-refractivity contribution in [1.29, 1.82) is 0 Å². The lowest BCUT2D eigenvalue weighted by Gasteiger charge is -2.13. The van der Waals surface area contributed by atoms with Crippen molar-refractivity contribution < 1.29 is 18.7 Å². The summed E-state index contributed by atoms with van der Waals surface area (Å²) < 4.78 is 15.3. The molecule has 1 atom stereocenters. The fourth-order valence-electron chi connectivity index (χ4n) is 1.48. The molecule has 0 amide bonds. The van der Waals surface area contributed by atoms with Crippen molar-refractivity contribution in [2.24, 2.45) is 5.92 Å². The fourth-order valence-corrected chi connectivity index (χ4v) is 1.48. The van der Waals surface area contributed by atoms with Crippen LogP contribution in [0.1, 0.15) is 18.6 Å². The van der Waals surface area contributed by atoms with Crippen molar-refractivity contribution in [1.82, 2.24) is 0 Å². The number of furan rings is 1. The summed E-state index contributed by atoms with van der Waals surface area (Å²) in [6, 6.07) is 3.62. The van der Waals surface area contributed by atoms with Crippen molar-refractivity contribution in [2.45, 2.75) is 25.6 Å². The third-order valence-corrected chi connectivity index (χ3v) is 2.47. The summed E-state index contributed by atoms with van der Waals surface area (Å²) in [4.78, 5) is 11.4. The van der Waals surface area contributed by atoms with Gasteiger partial charge in [-0.2, -0.15) is 0 Å². The van der Waals surface area contributed by atoms with Gasteiger partial charge in [0.2, 0.25) is 0 Å². The van der Waals surface area contributed by atoms with E-state index in [1.807, 2.05) is 6.07 Å². The van der Waals surface area contributed by atoms with Gasteiger partial charge in [-0.1, -0.05) is 0 Å². The van der Waals surface area contributed by atoms with Gasteiger partial charge in [0.05, 0.1) is 13.4 Å². The molecular weight excluding hydrogens is 196 g/mol. The topological polar surface area (TPSA) is 48.7 Å². The van der Waals surface area contributed by atoms with Crippen molar-refractivity contribution in [3.8, 4) is 0 Å². The molecule has 2 rings (SSSR count). The number of hydrogen-bond donors (Lipinski definition) is 0. The Kier molecular flexibility index (Phi) is 3.06. The summed E-state index contributed by atoms with van der Waals surface area (Å²) in [5.74, 6) is 0.765. The van der Waals surface area contributed by atoms with Gasteiger partial charge in [0.25, 0.3) is 0 Å². The molecule has 1 unspecified atom stereocenters. The summed E-state index contributed by atoms with van der Waals surface area (Å²) in [5, 5.41) is 0. The van der Waals surface area contributed by atoms with Crippen LogP contribution in [0.3, 0.4) is 0 Å². The van der Waals surface area contributed by atoms with Crippen LogP contribution in [0.4, 0.5) is 0 Å². The third-order valence-electron chi connectivity index (χ3n) is 2.47. The lowest BCUT2D eigenvalue weighted by molar-refractivity contribution is -0.156. The van der Waals surface area contributed by atoms with Gasteiger partial charge >= 0.3 is 5.97 Å². The van der Waals surface area contributed by atoms with Crippen molar-refractivity contribution in [3.05, 3.63) is 24.2 Å². The Balaban J connectivity index is 1.87. The second-order valence-corrected chi connectivity index (χ2v) is 3.67. The molecule has 1 aliphatic carbocycles. The zero-order chi connectivity index (χ0) is 10.7. The number of rotatable bonds is 5.